The highest BCUT2D eigenvalue weighted by atomic mass is 16.5. The van der Waals surface area contributed by atoms with Crippen LogP contribution in [-0.2, 0) is 16.0 Å². The Balaban J connectivity index is 2.07. The maximum Gasteiger partial charge on any atom is 0.322 e. The van der Waals surface area contributed by atoms with Crippen LogP contribution < -0.4 is 11.1 Å². The van der Waals surface area contributed by atoms with Gasteiger partial charge in [0.15, 0.2) is 0 Å². The van der Waals surface area contributed by atoms with Gasteiger partial charge < -0.3 is 20.7 Å². The average Bonchev–Trinajstić information content (AvgIpc) is 2.39. The molecule has 1 aromatic carbocycles. The van der Waals surface area contributed by atoms with Crippen molar-refractivity contribution in [2.24, 2.45) is 5.73 Å². The number of nitrogens with two attached hydrogens (primary N) is 1. The molecule has 1 aliphatic rings. The Morgan fingerprint density at radius 3 is 2.52 bits per heavy atom. The van der Waals surface area contributed by atoms with Crippen LogP contribution in [-0.4, -0.2) is 42.1 Å². The number of rotatable bonds is 3. The zero-order valence-corrected chi connectivity index (χ0v) is 12.3. The van der Waals surface area contributed by atoms with Gasteiger partial charge in [-0.25, -0.2) is 4.79 Å². The summed E-state index contributed by atoms with van der Waals surface area (Å²) in [6.45, 7) is 4.98. The number of morpholine rings is 1. The number of urea groups is 1. The zero-order chi connectivity index (χ0) is 15.4. The minimum atomic E-state index is -0.426. The molecule has 3 N–H and O–H groups in total. The molecule has 6 heteroatoms. The lowest BCUT2D eigenvalue weighted by Gasteiger charge is -2.35. The van der Waals surface area contributed by atoms with Crippen molar-refractivity contribution in [3.05, 3.63) is 29.8 Å². The first-order valence-electron chi connectivity index (χ1n) is 7.03. The highest BCUT2D eigenvalue weighted by molar-refractivity contribution is 5.91. The first kappa shape index (κ1) is 15.3. The summed E-state index contributed by atoms with van der Waals surface area (Å²) in [6.07, 6.45) is 0.132. The smallest absolute Gasteiger partial charge is 0.322 e. The number of para-hydroxylation sites is 1. The number of ether oxygens (including phenoxy) is 1. The standard InChI is InChI=1S/C15H21N3O3/c1-10-8-18(9-11(2)21-10)15(20)17-13-6-4-3-5-12(13)7-14(16)19/h3-6,10-11H,7-9H2,1-2H3,(H2,16,19)(H,17,20)/t10-,11+. The van der Waals surface area contributed by atoms with Crippen LogP contribution in [0, 0.1) is 0 Å². The van der Waals surface area contributed by atoms with E-state index in [-0.39, 0.29) is 24.7 Å². The van der Waals surface area contributed by atoms with E-state index in [1.807, 2.05) is 26.0 Å². The summed E-state index contributed by atoms with van der Waals surface area (Å²) in [7, 11) is 0. The van der Waals surface area contributed by atoms with E-state index in [2.05, 4.69) is 5.32 Å². The van der Waals surface area contributed by atoms with Gasteiger partial charge in [-0.05, 0) is 25.5 Å². The average molecular weight is 291 g/mol. The molecule has 21 heavy (non-hydrogen) atoms. The predicted molar refractivity (Wildman–Crippen MR) is 79.9 cm³/mol. The van der Waals surface area contributed by atoms with E-state index in [1.54, 1.807) is 17.0 Å². The molecular weight excluding hydrogens is 270 g/mol. The number of primary amides is 1. The summed E-state index contributed by atoms with van der Waals surface area (Å²) in [5.74, 6) is -0.426. The molecule has 2 atom stereocenters. The van der Waals surface area contributed by atoms with E-state index in [4.69, 9.17) is 10.5 Å². The Labute approximate surface area is 124 Å². The first-order valence-corrected chi connectivity index (χ1v) is 7.03. The topological polar surface area (TPSA) is 84.7 Å². The zero-order valence-electron chi connectivity index (χ0n) is 12.3. The summed E-state index contributed by atoms with van der Waals surface area (Å²) in [5.41, 5.74) is 6.56. The van der Waals surface area contributed by atoms with Crippen LogP contribution in [0.1, 0.15) is 19.4 Å². The van der Waals surface area contributed by atoms with Crippen molar-refractivity contribution in [3.63, 3.8) is 0 Å². The van der Waals surface area contributed by atoms with Gasteiger partial charge in [0.2, 0.25) is 5.91 Å². The largest absolute Gasteiger partial charge is 0.372 e. The van der Waals surface area contributed by atoms with Crippen LogP contribution in [0.4, 0.5) is 10.5 Å². The van der Waals surface area contributed by atoms with Crippen LogP contribution in [0.5, 0.6) is 0 Å². The van der Waals surface area contributed by atoms with Crippen LogP contribution in [0.25, 0.3) is 0 Å². The molecule has 1 aliphatic heterocycles. The molecule has 0 radical (unpaired) electrons. The molecule has 0 bridgehead atoms. The number of hydrogen-bond acceptors (Lipinski definition) is 3. The fraction of sp³-hybridized carbons (Fsp3) is 0.467. The third-order valence-electron chi connectivity index (χ3n) is 3.33. The van der Waals surface area contributed by atoms with E-state index in [0.717, 1.165) is 0 Å². The van der Waals surface area contributed by atoms with Crippen LogP contribution in [0.15, 0.2) is 24.3 Å². The number of carbonyl (C=O) groups excluding carboxylic acids is 2. The van der Waals surface area contributed by atoms with E-state index in [1.165, 1.54) is 0 Å². The minimum Gasteiger partial charge on any atom is -0.372 e. The molecule has 6 nitrogen and oxygen atoms in total. The Morgan fingerprint density at radius 2 is 1.90 bits per heavy atom. The number of nitrogens with one attached hydrogen (secondary N) is 1. The number of amides is 3. The fourth-order valence-electron chi connectivity index (χ4n) is 2.52. The van der Waals surface area contributed by atoms with Crippen molar-refractivity contribution >= 4 is 17.6 Å². The van der Waals surface area contributed by atoms with Gasteiger partial charge in [-0.15, -0.1) is 0 Å². The van der Waals surface area contributed by atoms with Crippen molar-refractivity contribution in [1.29, 1.82) is 0 Å². The Morgan fingerprint density at radius 1 is 1.29 bits per heavy atom. The van der Waals surface area contributed by atoms with Gasteiger partial charge in [-0.3, -0.25) is 4.79 Å². The van der Waals surface area contributed by atoms with Gasteiger partial charge in [0, 0.05) is 18.8 Å². The summed E-state index contributed by atoms with van der Waals surface area (Å²) in [5, 5.41) is 2.85. The summed E-state index contributed by atoms with van der Waals surface area (Å²) < 4.78 is 5.61. The molecule has 114 valence electrons. The normalized spacial score (nSPS) is 21.9. The second kappa shape index (κ2) is 6.58. The van der Waals surface area contributed by atoms with E-state index >= 15 is 0 Å². The number of benzene rings is 1. The van der Waals surface area contributed by atoms with Gasteiger partial charge in [0.1, 0.15) is 0 Å². The first-order chi connectivity index (χ1) is 9.95. The van der Waals surface area contributed by atoms with Gasteiger partial charge in [-0.1, -0.05) is 18.2 Å². The lowest BCUT2D eigenvalue weighted by molar-refractivity contribution is -0.117. The molecule has 0 aliphatic carbocycles. The van der Waals surface area contributed by atoms with Gasteiger partial charge in [0.25, 0.3) is 0 Å². The maximum atomic E-state index is 12.3. The molecule has 3 amide bonds. The molecule has 1 heterocycles. The van der Waals surface area contributed by atoms with E-state index in [9.17, 15) is 9.59 Å². The summed E-state index contributed by atoms with van der Waals surface area (Å²) in [6, 6.07) is 6.99. The lowest BCUT2D eigenvalue weighted by Crippen LogP contribution is -2.49. The van der Waals surface area contributed by atoms with Crippen molar-refractivity contribution in [2.75, 3.05) is 18.4 Å². The molecule has 0 spiro atoms. The van der Waals surface area contributed by atoms with Crippen molar-refractivity contribution < 1.29 is 14.3 Å². The van der Waals surface area contributed by atoms with Gasteiger partial charge in [0.05, 0.1) is 18.6 Å². The molecule has 1 aromatic rings. The van der Waals surface area contributed by atoms with Gasteiger partial charge >= 0.3 is 6.03 Å². The quantitative estimate of drug-likeness (QED) is 0.881. The van der Waals surface area contributed by atoms with Crippen LogP contribution in [0.2, 0.25) is 0 Å². The molecule has 1 fully saturated rings. The van der Waals surface area contributed by atoms with Crippen LogP contribution >= 0.6 is 0 Å². The van der Waals surface area contributed by atoms with Crippen molar-refractivity contribution in [1.82, 2.24) is 4.90 Å². The highest BCUT2D eigenvalue weighted by Crippen LogP contribution is 2.18. The second-order valence-electron chi connectivity index (χ2n) is 5.39. The highest BCUT2D eigenvalue weighted by Gasteiger charge is 2.26. The third-order valence-corrected chi connectivity index (χ3v) is 3.33. The Hall–Kier alpha value is -2.08. The summed E-state index contributed by atoms with van der Waals surface area (Å²) >= 11 is 0. The molecular formula is C15H21N3O3. The fourth-order valence-corrected chi connectivity index (χ4v) is 2.52. The number of nitrogens with zero attached hydrogens (tertiary/aromatic N) is 1. The number of hydrogen-bond donors (Lipinski definition) is 2. The molecule has 0 aromatic heterocycles. The van der Waals surface area contributed by atoms with E-state index < -0.39 is 5.91 Å². The lowest BCUT2D eigenvalue weighted by atomic mass is 10.1. The molecule has 2 rings (SSSR count). The van der Waals surface area contributed by atoms with Gasteiger partial charge in [-0.2, -0.15) is 0 Å². The number of carbonyl (C=O) groups is 2. The maximum absolute atomic E-state index is 12.3. The molecule has 0 unspecified atom stereocenters. The van der Waals surface area contributed by atoms with E-state index in [0.29, 0.717) is 24.3 Å². The third kappa shape index (κ3) is 4.19. The predicted octanol–water partition coefficient (Wildman–Crippen LogP) is 1.36. The molecule has 0 saturated carbocycles. The van der Waals surface area contributed by atoms with Crippen molar-refractivity contribution in [3.8, 4) is 0 Å². The van der Waals surface area contributed by atoms with Crippen LogP contribution in [0.3, 0.4) is 0 Å². The Kier molecular flexibility index (Phi) is 4.80. The SMILES string of the molecule is C[C@@H]1CN(C(=O)Nc2ccccc2CC(N)=O)C[C@H](C)O1. The van der Waals surface area contributed by atoms with Crippen molar-refractivity contribution in [2.45, 2.75) is 32.5 Å². The Bertz CT molecular complexity index is 523. The monoisotopic (exact) mass is 291 g/mol. The molecule has 1 saturated heterocycles. The second-order valence-corrected chi connectivity index (χ2v) is 5.39. The number of anilines is 1. The summed E-state index contributed by atoms with van der Waals surface area (Å²) in [4.78, 5) is 25.1. The minimum absolute atomic E-state index is 0.0142.